The first-order valence-electron chi connectivity index (χ1n) is 7.74. The Morgan fingerprint density at radius 3 is 2.81 bits per heavy atom. The number of aliphatic hydroxyl groups is 1. The molecule has 1 aromatic rings. The maximum absolute atomic E-state index is 11.8. The Balaban J connectivity index is 1.78. The van der Waals surface area contributed by atoms with Gasteiger partial charge in [0.1, 0.15) is 5.82 Å². The van der Waals surface area contributed by atoms with Crippen LogP contribution in [0, 0.1) is 5.92 Å². The summed E-state index contributed by atoms with van der Waals surface area (Å²) in [5.41, 5.74) is 1.06. The highest BCUT2D eigenvalue weighted by atomic mass is 16.3. The van der Waals surface area contributed by atoms with Crippen molar-refractivity contribution in [3.05, 3.63) is 11.8 Å². The van der Waals surface area contributed by atoms with Gasteiger partial charge in [0.15, 0.2) is 0 Å². The molecular weight excluding hydrogens is 268 g/mol. The number of nitrogens with one attached hydrogen (secondary N) is 2. The molecule has 1 aliphatic carbocycles. The molecule has 1 atom stereocenters. The summed E-state index contributed by atoms with van der Waals surface area (Å²) < 4.78 is 1.70. The van der Waals surface area contributed by atoms with Gasteiger partial charge in [0.05, 0.1) is 11.8 Å². The summed E-state index contributed by atoms with van der Waals surface area (Å²) in [6.07, 6.45) is 3.82. The Labute approximate surface area is 125 Å². The lowest BCUT2D eigenvalue weighted by atomic mass is 9.83. The Morgan fingerprint density at radius 1 is 1.52 bits per heavy atom. The lowest BCUT2D eigenvalue weighted by molar-refractivity contribution is 0.117. The zero-order valence-corrected chi connectivity index (χ0v) is 13.1. The van der Waals surface area contributed by atoms with E-state index < -0.39 is 0 Å². The first-order valence-corrected chi connectivity index (χ1v) is 7.74. The minimum atomic E-state index is -0.382. The average molecular weight is 294 g/mol. The average Bonchev–Trinajstić information content (AvgIpc) is 2.67. The first kappa shape index (κ1) is 15.8. The van der Waals surface area contributed by atoms with Gasteiger partial charge in [-0.2, -0.15) is 5.10 Å². The topological polar surface area (TPSA) is 79.2 Å². The van der Waals surface area contributed by atoms with E-state index >= 15 is 0 Å². The lowest BCUT2D eigenvalue weighted by Crippen LogP contribution is -2.32. The zero-order valence-electron chi connectivity index (χ0n) is 13.1. The lowest BCUT2D eigenvalue weighted by Gasteiger charge is -2.22. The van der Waals surface area contributed by atoms with Crippen LogP contribution in [-0.2, 0) is 7.05 Å². The maximum atomic E-state index is 11.8. The molecule has 118 valence electrons. The number of urea groups is 1. The molecule has 1 aromatic heterocycles. The molecule has 2 rings (SSSR count). The van der Waals surface area contributed by atoms with Gasteiger partial charge >= 0.3 is 6.03 Å². The van der Waals surface area contributed by atoms with E-state index in [2.05, 4.69) is 15.7 Å². The highest BCUT2D eigenvalue weighted by Crippen LogP contribution is 2.36. The highest BCUT2D eigenvalue weighted by Gasteiger charge is 2.23. The Morgan fingerprint density at radius 2 is 2.24 bits per heavy atom. The molecule has 0 aromatic carbocycles. The molecule has 3 N–H and O–H groups in total. The van der Waals surface area contributed by atoms with E-state index in [0.717, 1.165) is 5.69 Å². The number of nitrogens with zero attached hydrogens (tertiary/aromatic N) is 2. The molecule has 6 nitrogen and oxygen atoms in total. The van der Waals surface area contributed by atoms with Gasteiger partial charge in [-0.3, -0.25) is 10.00 Å². The van der Waals surface area contributed by atoms with Crippen molar-refractivity contribution >= 4 is 11.8 Å². The number of carbonyl (C=O) groups excluding carboxylic acids is 1. The van der Waals surface area contributed by atoms with Crippen molar-refractivity contribution in [1.82, 2.24) is 15.1 Å². The Hall–Kier alpha value is -1.56. The molecule has 6 heteroatoms. The molecule has 1 saturated carbocycles. The zero-order chi connectivity index (χ0) is 15.4. The smallest absolute Gasteiger partial charge is 0.320 e. The fraction of sp³-hybridized carbons (Fsp3) is 0.733. The van der Waals surface area contributed by atoms with Crippen LogP contribution in [0.2, 0.25) is 0 Å². The van der Waals surface area contributed by atoms with E-state index in [4.69, 9.17) is 0 Å². The van der Waals surface area contributed by atoms with E-state index in [-0.39, 0.29) is 18.1 Å². The van der Waals surface area contributed by atoms with Crippen molar-refractivity contribution in [3.63, 3.8) is 0 Å². The summed E-state index contributed by atoms with van der Waals surface area (Å²) >= 11 is 0. The van der Waals surface area contributed by atoms with Crippen molar-refractivity contribution in [1.29, 1.82) is 0 Å². The summed E-state index contributed by atoms with van der Waals surface area (Å²) in [6.45, 7) is 4.38. The Bertz CT molecular complexity index is 480. The van der Waals surface area contributed by atoms with E-state index in [1.54, 1.807) is 4.68 Å². The monoisotopic (exact) mass is 294 g/mol. The van der Waals surface area contributed by atoms with Crippen molar-refractivity contribution < 1.29 is 9.90 Å². The molecule has 0 spiro atoms. The molecule has 0 bridgehead atoms. The summed E-state index contributed by atoms with van der Waals surface area (Å²) in [6, 6.07) is 1.70. The first-order chi connectivity index (χ1) is 9.97. The molecule has 0 saturated heterocycles. The van der Waals surface area contributed by atoms with Crippen molar-refractivity contribution in [2.75, 3.05) is 11.9 Å². The van der Waals surface area contributed by atoms with Crippen LogP contribution in [0.5, 0.6) is 0 Å². The van der Waals surface area contributed by atoms with Crippen LogP contribution in [0.3, 0.4) is 0 Å². The molecule has 0 radical (unpaired) electrons. The molecule has 1 heterocycles. The number of hydrogen-bond acceptors (Lipinski definition) is 3. The molecule has 1 fully saturated rings. The number of aliphatic hydroxyl groups excluding tert-OH is 1. The van der Waals surface area contributed by atoms with Crippen molar-refractivity contribution in [2.45, 2.75) is 51.6 Å². The van der Waals surface area contributed by atoms with Crippen LogP contribution in [-0.4, -0.2) is 33.6 Å². The molecule has 0 aliphatic heterocycles. The second-order valence-electron chi connectivity index (χ2n) is 6.19. The Kier molecular flexibility index (Phi) is 5.22. The van der Waals surface area contributed by atoms with Gasteiger partial charge in [0.2, 0.25) is 0 Å². The number of carbonyl (C=O) groups is 1. The third-order valence-electron chi connectivity index (χ3n) is 4.16. The van der Waals surface area contributed by atoms with Crippen molar-refractivity contribution in [3.8, 4) is 0 Å². The molecule has 21 heavy (non-hydrogen) atoms. The normalized spacial score (nSPS) is 16.6. The van der Waals surface area contributed by atoms with Crippen molar-refractivity contribution in [2.24, 2.45) is 13.0 Å². The second kappa shape index (κ2) is 6.93. The number of hydrogen-bond donors (Lipinski definition) is 3. The predicted molar refractivity (Wildman–Crippen MR) is 82.3 cm³/mol. The number of anilines is 1. The molecular formula is C15H26N4O2. The fourth-order valence-corrected chi connectivity index (χ4v) is 2.34. The van der Waals surface area contributed by atoms with Crippen LogP contribution in [0.4, 0.5) is 10.6 Å². The van der Waals surface area contributed by atoms with E-state index in [1.165, 1.54) is 19.3 Å². The number of aryl methyl sites for hydroxylation is 1. The third kappa shape index (κ3) is 4.20. The van der Waals surface area contributed by atoms with Gasteiger partial charge in [-0.05, 0) is 25.2 Å². The molecule has 1 aliphatic rings. The van der Waals surface area contributed by atoms with Gasteiger partial charge in [-0.15, -0.1) is 0 Å². The standard InChI is InChI=1S/C15H26N4O2/c1-10(2)13(20)7-8-16-15(21)17-14-9-12(18-19(14)3)11-5-4-6-11/h9-11,13,20H,4-8H2,1-3H3,(H2,16,17,21). The minimum Gasteiger partial charge on any atom is -0.393 e. The number of aromatic nitrogens is 2. The number of amides is 2. The number of rotatable bonds is 6. The SMILES string of the molecule is CC(C)C(O)CCNC(=O)Nc1cc(C2CCC2)nn1C. The van der Waals surface area contributed by atoms with E-state index in [0.29, 0.717) is 24.7 Å². The minimum absolute atomic E-state index is 0.206. The predicted octanol–water partition coefficient (Wildman–Crippen LogP) is 2.22. The summed E-state index contributed by atoms with van der Waals surface area (Å²) in [4.78, 5) is 11.8. The quantitative estimate of drug-likeness (QED) is 0.752. The van der Waals surface area contributed by atoms with Crippen LogP contribution >= 0.6 is 0 Å². The fourth-order valence-electron chi connectivity index (χ4n) is 2.34. The van der Waals surface area contributed by atoms with E-state index in [9.17, 15) is 9.90 Å². The van der Waals surface area contributed by atoms with Gasteiger partial charge < -0.3 is 10.4 Å². The largest absolute Gasteiger partial charge is 0.393 e. The molecule has 1 unspecified atom stereocenters. The van der Waals surface area contributed by atoms with Gasteiger partial charge in [0, 0.05) is 25.6 Å². The van der Waals surface area contributed by atoms with E-state index in [1.807, 2.05) is 27.0 Å². The van der Waals surface area contributed by atoms with Crippen LogP contribution in [0.1, 0.15) is 51.1 Å². The van der Waals surface area contributed by atoms with Crippen LogP contribution in [0.25, 0.3) is 0 Å². The summed E-state index contributed by atoms with van der Waals surface area (Å²) in [5.74, 6) is 1.46. The third-order valence-corrected chi connectivity index (χ3v) is 4.16. The van der Waals surface area contributed by atoms with Crippen LogP contribution in [0.15, 0.2) is 6.07 Å². The summed E-state index contributed by atoms with van der Waals surface area (Å²) in [7, 11) is 1.83. The van der Waals surface area contributed by atoms with Gasteiger partial charge in [0.25, 0.3) is 0 Å². The summed E-state index contributed by atoms with van der Waals surface area (Å²) in [5, 5.41) is 19.7. The second-order valence-corrected chi connectivity index (χ2v) is 6.19. The van der Waals surface area contributed by atoms with Crippen LogP contribution < -0.4 is 10.6 Å². The maximum Gasteiger partial charge on any atom is 0.320 e. The van der Waals surface area contributed by atoms with Gasteiger partial charge in [-0.25, -0.2) is 4.79 Å². The van der Waals surface area contributed by atoms with Gasteiger partial charge in [-0.1, -0.05) is 20.3 Å². The molecule has 2 amide bonds. The highest BCUT2D eigenvalue weighted by molar-refractivity contribution is 5.88.